The summed E-state index contributed by atoms with van der Waals surface area (Å²) in [7, 11) is 1.46. The molecular weight excluding hydrogens is 338 g/mol. The molecule has 0 atom stereocenters. The van der Waals surface area contributed by atoms with Crippen molar-refractivity contribution in [2.45, 2.75) is 111 Å². The van der Waals surface area contributed by atoms with Crippen molar-refractivity contribution in [3.8, 4) is 0 Å². The van der Waals surface area contributed by atoms with Gasteiger partial charge in [-0.1, -0.05) is 85.5 Å². The second kappa shape index (κ2) is 25.6. The van der Waals surface area contributed by atoms with Crippen molar-refractivity contribution < 1.29 is 14.4 Å². The number of rotatable bonds is 15. The Morgan fingerprint density at radius 3 is 1.56 bits per heavy atom. The molecule has 0 aromatic carbocycles. The predicted octanol–water partition coefficient (Wildman–Crippen LogP) is 6.55. The number of hydrogen-bond donors (Lipinski definition) is 1. The van der Waals surface area contributed by atoms with Crippen molar-refractivity contribution in [1.82, 2.24) is 5.48 Å². The van der Waals surface area contributed by atoms with Crippen LogP contribution in [0.25, 0.3) is 0 Å². The topological polar surface area (TPSA) is 55.4 Å². The van der Waals surface area contributed by atoms with E-state index < -0.39 is 0 Å². The van der Waals surface area contributed by atoms with Gasteiger partial charge in [0.25, 0.3) is 0 Å². The van der Waals surface area contributed by atoms with E-state index in [2.05, 4.69) is 24.2 Å². The maximum atomic E-state index is 10.9. The minimum atomic E-state index is -0.194. The molecule has 4 nitrogen and oxygen atoms in total. The molecule has 0 aliphatic carbocycles. The molecule has 0 bridgehead atoms. The lowest BCUT2D eigenvalue weighted by molar-refractivity contribution is -0.131. The lowest BCUT2D eigenvalue weighted by Crippen LogP contribution is -2.21. The maximum absolute atomic E-state index is 10.9. The molecule has 0 fully saturated rings. The number of hydrogen-bond acceptors (Lipinski definition) is 3. The van der Waals surface area contributed by atoms with Gasteiger partial charge in [-0.2, -0.15) is 0 Å². The number of unbranched alkanes of at least 4 members (excludes halogenated alkanes) is 10. The Morgan fingerprint density at radius 1 is 0.760 bits per heavy atom. The fourth-order valence-electron chi connectivity index (χ4n) is 2.28. The third kappa shape index (κ3) is 31.6. The summed E-state index contributed by atoms with van der Waals surface area (Å²) in [6.07, 6.45) is 15.6. The molecule has 0 saturated carbocycles. The summed E-state index contributed by atoms with van der Waals surface area (Å²) in [6.45, 7) is 4.40. The summed E-state index contributed by atoms with van der Waals surface area (Å²) in [5.41, 5.74) is 2.31. The summed E-state index contributed by atoms with van der Waals surface area (Å²) in [5, 5.41) is -0.194. The Kier molecular flexibility index (Phi) is 29.9. The monoisotopic (exact) mass is 379 g/mol. The van der Waals surface area contributed by atoms with Gasteiger partial charge in [-0.25, -0.2) is 5.48 Å². The molecule has 0 saturated heterocycles. The minimum Gasteiger partial charge on any atom is -0.281 e. The molecule has 25 heavy (non-hydrogen) atoms. The van der Waals surface area contributed by atoms with E-state index in [9.17, 15) is 9.59 Å². The van der Waals surface area contributed by atoms with Crippen molar-refractivity contribution >= 4 is 22.8 Å². The molecule has 0 aromatic heterocycles. The average molecular weight is 380 g/mol. The Hall–Kier alpha value is -0.610. The minimum absolute atomic E-state index is 0. The molecule has 0 aliphatic rings. The van der Waals surface area contributed by atoms with Crippen LogP contribution in [-0.2, 0) is 14.4 Å². The number of hydroxylamine groups is 1. The van der Waals surface area contributed by atoms with E-state index in [0.717, 1.165) is 25.7 Å². The molecule has 0 heterocycles. The highest BCUT2D eigenvalue weighted by molar-refractivity contribution is 6.63. The van der Waals surface area contributed by atoms with Gasteiger partial charge in [0.15, 0.2) is 0 Å². The fourth-order valence-corrected chi connectivity index (χ4v) is 2.41. The van der Waals surface area contributed by atoms with Crippen molar-refractivity contribution in [3.05, 3.63) is 0 Å². The van der Waals surface area contributed by atoms with E-state index in [1.807, 2.05) is 0 Å². The van der Waals surface area contributed by atoms with Crippen molar-refractivity contribution in [2.75, 3.05) is 7.11 Å². The van der Waals surface area contributed by atoms with E-state index in [1.54, 1.807) is 0 Å². The van der Waals surface area contributed by atoms with Crippen LogP contribution in [0, 0.1) is 0 Å². The molecule has 152 valence electrons. The van der Waals surface area contributed by atoms with Gasteiger partial charge in [0.2, 0.25) is 11.1 Å². The molecular formula is C20H42ClNO3. The lowest BCUT2D eigenvalue weighted by atomic mass is 10.1. The Balaban J connectivity index is -0.000000377. The van der Waals surface area contributed by atoms with E-state index >= 15 is 0 Å². The Bertz CT molecular complexity index is 286. The van der Waals surface area contributed by atoms with Gasteiger partial charge in [0.1, 0.15) is 0 Å². The number of amides is 1. The van der Waals surface area contributed by atoms with Gasteiger partial charge in [-0.15, -0.1) is 0 Å². The van der Waals surface area contributed by atoms with Crippen molar-refractivity contribution in [2.24, 2.45) is 0 Å². The van der Waals surface area contributed by atoms with Crippen molar-refractivity contribution in [1.29, 1.82) is 0 Å². The van der Waals surface area contributed by atoms with Crippen molar-refractivity contribution in [3.63, 3.8) is 0 Å². The van der Waals surface area contributed by atoms with Crippen LogP contribution in [-0.4, -0.2) is 18.3 Å². The summed E-state index contributed by atoms with van der Waals surface area (Å²) < 4.78 is 0. The van der Waals surface area contributed by atoms with E-state index in [-0.39, 0.29) is 18.6 Å². The highest BCUT2D eigenvalue weighted by Crippen LogP contribution is 2.08. The van der Waals surface area contributed by atoms with Crippen LogP contribution in [0.1, 0.15) is 111 Å². The second-order valence-electron chi connectivity index (χ2n) is 6.12. The number of nitrogens with one attached hydrogen (secondary N) is 1. The first-order chi connectivity index (χ1) is 11.6. The van der Waals surface area contributed by atoms with Crippen LogP contribution in [0.3, 0.4) is 0 Å². The van der Waals surface area contributed by atoms with Gasteiger partial charge in [-0.3, -0.25) is 14.4 Å². The third-order valence-corrected chi connectivity index (χ3v) is 3.89. The van der Waals surface area contributed by atoms with Gasteiger partial charge < -0.3 is 0 Å². The average Bonchev–Trinajstić information content (AvgIpc) is 2.55. The number of carbonyl (C=O) groups is 2. The molecule has 0 aliphatic heterocycles. The largest absolute Gasteiger partial charge is 0.281 e. The van der Waals surface area contributed by atoms with Crippen LogP contribution in [0.5, 0.6) is 0 Å². The second-order valence-corrected chi connectivity index (χ2v) is 6.54. The lowest BCUT2D eigenvalue weighted by Gasteiger charge is -2.01. The molecule has 1 amide bonds. The standard InChI is InChI=1S/C10H21NO2.C9H17ClO.CH4/c1-3-4-5-6-7-8-9-10(12)11-13-2;1-2-3-4-5-6-7-8-9(10)11;/h3-9H2,1-2H3,(H,11,12);2-8H2,1H3;1H4. The van der Waals surface area contributed by atoms with E-state index in [1.165, 1.54) is 58.5 Å². The molecule has 1 N–H and O–H groups in total. The van der Waals surface area contributed by atoms with Gasteiger partial charge in [-0.05, 0) is 24.4 Å². The first-order valence-corrected chi connectivity index (χ1v) is 9.96. The summed E-state index contributed by atoms with van der Waals surface area (Å²) in [6, 6.07) is 0. The smallest absolute Gasteiger partial charge is 0.243 e. The zero-order chi connectivity index (χ0) is 18.5. The maximum Gasteiger partial charge on any atom is 0.243 e. The third-order valence-electron chi connectivity index (χ3n) is 3.70. The Morgan fingerprint density at radius 2 is 1.16 bits per heavy atom. The van der Waals surface area contributed by atoms with Gasteiger partial charge in [0.05, 0.1) is 7.11 Å². The van der Waals surface area contributed by atoms with E-state index in [4.69, 9.17) is 11.6 Å². The first-order valence-electron chi connectivity index (χ1n) is 9.58. The molecule has 0 rings (SSSR count). The Labute approximate surface area is 161 Å². The van der Waals surface area contributed by atoms with Crippen LogP contribution < -0.4 is 5.48 Å². The first kappa shape index (κ1) is 29.2. The molecule has 0 spiro atoms. The van der Waals surface area contributed by atoms with Crippen LogP contribution in [0.4, 0.5) is 0 Å². The molecule has 0 unspecified atom stereocenters. The highest BCUT2D eigenvalue weighted by Gasteiger charge is 1.98. The van der Waals surface area contributed by atoms with Crippen LogP contribution >= 0.6 is 11.6 Å². The van der Waals surface area contributed by atoms with Crippen LogP contribution in [0.2, 0.25) is 0 Å². The zero-order valence-corrected chi connectivity index (χ0v) is 16.8. The zero-order valence-electron chi connectivity index (χ0n) is 16.0. The quantitative estimate of drug-likeness (QED) is 0.199. The predicted molar refractivity (Wildman–Crippen MR) is 109 cm³/mol. The molecule has 0 aromatic rings. The molecule has 0 radical (unpaired) electrons. The highest BCUT2D eigenvalue weighted by atomic mass is 35.5. The molecule has 5 heteroatoms. The summed E-state index contributed by atoms with van der Waals surface area (Å²) in [4.78, 5) is 25.7. The SMILES string of the molecule is C.CCCCCCCCC(=O)Cl.CCCCCCCCC(=O)NOC. The summed E-state index contributed by atoms with van der Waals surface area (Å²) >= 11 is 5.18. The normalized spacial score (nSPS) is 9.60. The van der Waals surface area contributed by atoms with Crippen LogP contribution in [0.15, 0.2) is 0 Å². The fraction of sp³-hybridized carbons (Fsp3) is 0.900. The van der Waals surface area contributed by atoms with Gasteiger partial charge in [0, 0.05) is 12.8 Å². The van der Waals surface area contributed by atoms with E-state index in [0.29, 0.717) is 12.8 Å². The van der Waals surface area contributed by atoms with Gasteiger partial charge >= 0.3 is 0 Å². The number of carbonyl (C=O) groups excluding carboxylic acids is 2. The number of halogens is 1. The summed E-state index contributed by atoms with van der Waals surface area (Å²) in [5.74, 6) is -0.0157.